The molecule has 1 fully saturated rings. The SMILES string of the molecule is C=C/C(I)=C1/C=CC(C2(C(C)=O)CCC2)=CN1. The summed E-state index contributed by atoms with van der Waals surface area (Å²) in [5.41, 5.74) is 1.95. The van der Waals surface area contributed by atoms with Crippen LogP contribution >= 0.6 is 22.6 Å². The molecular weight excluding hydrogens is 325 g/mol. The van der Waals surface area contributed by atoms with Crippen LogP contribution in [-0.4, -0.2) is 5.78 Å². The first kappa shape index (κ1) is 12.6. The van der Waals surface area contributed by atoms with Gasteiger partial charge in [0, 0.05) is 9.78 Å². The number of halogens is 1. The van der Waals surface area contributed by atoms with Gasteiger partial charge in [0.2, 0.25) is 0 Å². The number of allylic oxidation sites excluding steroid dienone is 5. The lowest BCUT2D eigenvalue weighted by atomic mass is 9.61. The lowest BCUT2D eigenvalue weighted by Gasteiger charge is -2.41. The molecule has 0 aromatic carbocycles. The molecule has 0 atom stereocenters. The van der Waals surface area contributed by atoms with E-state index in [9.17, 15) is 4.79 Å². The van der Waals surface area contributed by atoms with E-state index in [0.29, 0.717) is 0 Å². The molecular formula is C14H16INO. The van der Waals surface area contributed by atoms with Crippen molar-refractivity contribution in [1.29, 1.82) is 0 Å². The molecule has 0 aromatic rings. The van der Waals surface area contributed by atoms with Crippen molar-refractivity contribution in [3.8, 4) is 0 Å². The van der Waals surface area contributed by atoms with Crippen molar-refractivity contribution in [3.05, 3.63) is 45.9 Å². The van der Waals surface area contributed by atoms with Gasteiger partial charge in [-0.2, -0.15) is 0 Å². The molecule has 0 bridgehead atoms. The lowest BCUT2D eigenvalue weighted by molar-refractivity contribution is -0.128. The predicted molar refractivity (Wildman–Crippen MR) is 78.6 cm³/mol. The Bertz CT molecular complexity index is 453. The van der Waals surface area contributed by atoms with Gasteiger partial charge in [-0.15, -0.1) is 0 Å². The van der Waals surface area contributed by atoms with Crippen molar-refractivity contribution in [2.45, 2.75) is 26.2 Å². The van der Waals surface area contributed by atoms with Crippen molar-refractivity contribution in [1.82, 2.24) is 5.32 Å². The zero-order valence-electron chi connectivity index (χ0n) is 9.92. The minimum atomic E-state index is -0.214. The second-order valence-electron chi connectivity index (χ2n) is 4.53. The van der Waals surface area contributed by atoms with Gasteiger partial charge in [-0.1, -0.05) is 25.2 Å². The fourth-order valence-electron chi connectivity index (χ4n) is 2.36. The van der Waals surface area contributed by atoms with Crippen LogP contribution in [0.4, 0.5) is 0 Å². The summed E-state index contributed by atoms with van der Waals surface area (Å²) in [4.78, 5) is 11.8. The second-order valence-corrected chi connectivity index (χ2v) is 5.70. The van der Waals surface area contributed by atoms with Gasteiger partial charge in [-0.05, 0) is 54.0 Å². The van der Waals surface area contributed by atoms with Gasteiger partial charge in [0.15, 0.2) is 0 Å². The highest BCUT2D eigenvalue weighted by Crippen LogP contribution is 2.48. The number of nitrogens with one attached hydrogen (secondary N) is 1. The fraction of sp³-hybridized carbons (Fsp3) is 0.357. The van der Waals surface area contributed by atoms with E-state index >= 15 is 0 Å². The molecule has 2 nitrogen and oxygen atoms in total. The fourth-order valence-corrected chi connectivity index (χ4v) is 2.69. The number of ketones is 1. The molecule has 0 saturated heterocycles. The van der Waals surface area contributed by atoms with Crippen LogP contribution in [0.3, 0.4) is 0 Å². The first-order valence-electron chi connectivity index (χ1n) is 5.79. The number of rotatable bonds is 3. The zero-order chi connectivity index (χ0) is 12.5. The summed E-state index contributed by atoms with van der Waals surface area (Å²) >= 11 is 2.24. The molecule has 0 spiro atoms. The van der Waals surface area contributed by atoms with E-state index in [1.165, 1.54) is 0 Å². The molecule has 2 aliphatic rings. The van der Waals surface area contributed by atoms with Crippen LogP contribution in [0.25, 0.3) is 0 Å². The summed E-state index contributed by atoms with van der Waals surface area (Å²) < 4.78 is 1.08. The third-order valence-electron chi connectivity index (χ3n) is 3.68. The number of dihydropyridines is 1. The van der Waals surface area contributed by atoms with Crippen molar-refractivity contribution in [3.63, 3.8) is 0 Å². The van der Waals surface area contributed by atoms with Crippen LogP contribution in [-0.2, 0) is 4.79 Å². The van der Waals surface area contributed by atoms with Crippen molar-refractivity contribution >= 4 is 28.4 Å². The Morgan fingerprint density at radius 1 is 1.53 bits per heavy atom. The van der Waals surface area contributed by atoms with Crippen LogP contribution in [0.5, 0.6) is 0 Å². The Balaban J connectivity index is 2.23. The Hall–Kier alpha value is -0.840. The molecule has 2 rings (SSSR count). The normalized spacial score (nSPS) is 24.2. The molecule has 1 aliphatic heterocycles. The first-order chi connectivity index (χ1) is 8.10. The maximum atomic E-state index is 11.8. The van der Waals surface area contributed by atoms with Crippen LogP contribution in [0.2, 0.25) is 0 Å². The Kier molecular flexibility index (Phi) is 3.56. The molecule has 0 radical (unpaired) electrons. The van der Waals surface area contributed by atoms with Gasteiger partial charge in [-0.25, -0.2) is 0 Å². The number of hydrogen-bond acceptors (Lipinski definition) is 2. The molecule has 17 heavy (non-hydrogen) atoms. The third-order valence-corrected chi connectivity index (χ3v) is 4.70. The topological polar surface area (TPSA) is 29.1 Å². The van der Waals surface area contributed by atoms with E-state index in [1.54, 1.807) is 6.92 Å². The summed E-state index contributed by atoms with van der Waals surface area (Å²) in [7, 11) is 0. The lowest BCUT2D eigenvalue weighted by Crippen LogP contribution is -2.39. The van der Waals surface area contributed by atoms with Gasteiger partial charge >= 0.3 is 0 Å². The molecule has 1 aliphatic carbocycles. The maximum absolute atomic E-state index is 11.8. The number of Topliss-reactive ketones (excluding diaryl/α,β-unsaturated/α-hetero) is 1. The molecule has 0 unspecified atom stereocenters. The molecule has 0 aromatic heterocycles. The van der Waals surface area contributed by atoms with E-state index in [1.807, 2.05) is 18.4 Å². The van der Waals surface area contributed by atoms with Gasteiger partial charge in [0.05, 0.1) is 11.1 Å². The second kappa shape index (κ2) is 4.80. The van der Waals surface area contributed by atoms with Crippen LogP contribution < -0.4 is 5.32 Å². The monoisotopic (exact) mass is 341 g/mol. The van der Waals surface area contributed by atoms with E-state index in [4.69, 9.17) is 0 Å². The summed E-state index contributed by atoms with van der Waals surface area (Å²) in [6.45, 7) is 5.45. The summed E-state index contributed by atoms with van der Waals surface area (Å²) in [6.07, 6.45) is 11.0. The highest BCUT2D eigenvalue weighted by Gasteiger charge is 2.44. The molecule has 1 N–H and O–H groups in total. The van der Waals surface area contributed by atoms with E-state index < -0.39 is 0 Å². The molecule has 3 heteroatoms. The van der Waals surface area contributed by atoms with Crippen LogP contribution in [0.1, 0.15) is 26.2 Å². The molecule has 1 saturated carbocycles. The Morgan fingerprint density at radius 2 is 2.24 bits per heavy atom. The van der Waals surface area contributed by atoms with Crippen molar-refractivity contribution in [2.75, 3.05) is 0 Å². The minimum Gasteiger partial charge on any atom is -0.361 e. The van der Waals surface area contributed by atoms with Gasteiger partial charge in [0.1, 0.15) is 5.78 Å². The van der Waals surface area contributed by atoms with E-state index in [0.717, 1.165) is 34.1 Å². The number of carbonyl (C=O) groups is 1. The third kappa shape index (κ3) is 2.12. The number of carbonyl (C=O) groups excluding carboxylic acids is 1. The average Bonchev–Trinajstić information content (AvgIpc) is 2.27. The highest BCUT2D eigenvalue weighted by atomic mass is 127. The summed E-state index contributed by atoms with van der Waals surface area (Å²) in [5.74, 6) is 0.285. The quantitative estimate of drug-likeness (QED) is 0.795. The first-order valence-corrected chi connectivity index (χ1v) is 6.86. The summed E-state index contributed by atoms with van der Waals surface area (Å²) in [5, 5.41) is 3.25. The van der Waals surface area contributed by atoms with Crippen molar-refractivity contribution < 1.29 is 4.79 Å². The minimum absolute atomic E-state index is 0.214. The van der Waals surface area contributed by atoms with Gasteiger partial charge < -0.3 is 5.32 Å². The zero-order valence-corrected chi connectivity index (χ0v) is 12.1. The van der Waals surface area contributed by atoms with Gasteiger partial charge in [0.25, 0.3) is 0 Å². The average molecular weight is 341 g/mol. The van der Waals surface area contributed by atoms with Crippen LogP contribution in [0.15, 0.2) is 45.9 Å². The van der Waals surface area contributed by atoms with Crippen molar-refractivity contribution in [2.24, 2.45) is 5.41 Å². The summed E-state index contributed by atoms with van der Waals surface area (Å²) in [6, 6.07) is 0. The Morgan fingerprint density at radius 3 is 2.59 bits per heavy atom. The molecule has 1 heterocycles. The smallest absolute Gasteiger partial charge is 0.140 e. The van der Waals surface area contributed by atoms with E-state index in [-0.39, 0.29) is 11.2 Å². The molecule has 0 amide bonds. The van der Waals surface area contributed by atoms with Gasteiger partial charge in [-0.3, -0.25) is 4.79 Å². The maximum Gasteiger partial charge on any atom is 0.140 e. The number of hydrogen-bond donors (Lipinski definition) is 1. The van der Waals surface area contributed by atoms with Crippen LogP contribution in [0, 0.1) is 5.41 Å². The van der Waals surface area contributed by atoms with E-state index in [2.05, 4.69) is 40.6 Å². The Labute approximate surface area is 116 Å². The molecule has 90 valence electrons. The largest absolute Gasteiger partial charge is 0.361 e. The predicted octanol–water partition coefficient (Wildman–Crippen LogP) is 3.62. The highest BCUT2D eigenvalue weighted by molar-refractivity contribution is 14.1. The standard InChI is InChI=1S/C14H16INO/c1-3-12(15)13-6-5-11(9-16-13)14(10(2)17)7-4-8-14/h3,5-6,9,16H,1,4,7-8H2,2H3/b13-12+.